The van der Waals surface area contributed by atoms with Gasteiger partial charge in [0, 0.05) is 0 Å². The van der Waals surface area contributed by atoms with Gasteiger partial charge in [0.1, 0.15) is 16.0 Å². The lowest BCUT2D eigenvalue weighted by atomic mass is 9.66. The molecule has 2 amide bonds. The number of carbonyl (C=O) groups excluding carboxylic acids is 2. The molecule has 0 aromatic heterocycles. The molecule has 2 aliphatic rings. The summed E-state index contributed by atoms with van der Waals surface area (Å²) < 4.78 is 5.70. The Labute approximate surface area is 144 Å². The van der Waals surface area contributed by atoms with Crippen LogP contribution in [0.5, 0.6) is 5.75 Å². The zero-order valence-electron chi connectivity index (χ0n) is 12.8. The predicted octanol–water partition coefficient (Wildman–Crippen LogP) is 2.91. The first-order valence-corrected chi connectivity index (χ1v) is 8.26. The van der Waals surface area contributed by atoms with Gasteiger partial charge in [-0.2, -0.15) is 0 Å². The Kier molecular flexibility index (Phi) is 3.93. The van der Waals surface area contributed by atoms with Crippen LogP contribution in [0.25, 0.3) is 0 Å². The molecule has 1 aliphatic heterocycles. The second-order valence-corrected chi connectivity index (χ2v) is 7.37. The number of halogens is 2. The van der Waals surface area contributed by atoms with Crippen molar-refractivity contribution < 1.29 is 14.3 Å². The SMILES string of the molecule is CC(C)Oc1cccc(C23C=CC(Cl)CC2(Cl)C(=O)NC3=O)c1. The number of alkyl halides is 2. The third kappa shape index (κ3) is 2.36. The Morgan fingerprint density at radius 1 is 1.30 bits per heavy atom. The van der Waals surface area contributed by atoms with Crippen LogP contribution in [-0.2, 0) is 15.0 Å². The lowest BCUT2D eigenvalue weighted by Gasteiger charge is -2.39. The molecule has 0 radical (unpaired) electrons. The Bertz CT molecular complexity index is 703. The minimum Gasteiger partial charge on any atom is -0.491 e. The molecule has 0 spiro atoms. The number of rotatable bonds is 3. The van der Waals surface area contributed by atoms with Gasteiger partial charge in [-0.05, 0) is 38.0 Å². The molecule has 23 heavy (non-hydrogen) atoms. The van der Waals surface area contributed by atoms with E-state index >= 15 is 0 Å². The van der Waals surface area contributed by atoms with Crippen molar-refractivity contribution in [2.45, 2.75) is 42.0 Å². The van der Waals surface area contributed by atoms with Crippen molar-refractivity contribution >= 4 is 35.0 Å². The first-order valence-electron chi connectivity index (χ1n) is 7.45. The maximum Gasteiger partial charge on any atom is 0.249 e. The fourth-order valence-electron chi connectivity index (χ4n) is 3.25. The molecule has 1 aliphatic carbocycles. The summed E-state index contributed by atoms with van der Waals surface area (Å²) in [4.78, 5) is 23.5. The molecule has 122 valence electrons. The summed E-state index contributed by atoms with van der Waals surface area (Å²) >= 11 is 12.8. The molecular weight excluding hydrogens is 337 g/mol. The van der Waals surface area contributed by atoms with Crippen molar-refractivity contribution in [3.8, 4) is 5.75 Å². The molecule has 1 fully saturated rings. The van der Waals surface area contributed by atoms with E-state index in [4.69, 9.17) is 27.9 Å². The number of amides is 2. The van der Waals surface area contributed by atoms with Crippen LogP contribution >= 0.6 is 23.2 Å². The summed E-state index contributed by atoms with van der Waals surface area (Å²) in [5, 5.41) is 1.96. The number of benzene rings is 1. The number of hydrogen-bond acceptors (Lipinski definition) is 3. The first kappa shape index (κ1) is 16.3. The molecule has 3 unspecified atom stereocenters. The van der Waals surface area contributed by atoms with Crippen LogP contribution in [0.2, 0.25) is 0 Å². The molecule has 1 aromatic rings. The summed E-state index contributed by atoms with van der Waals surface area (Å²) in [6.07, 6.45) is 3.54. The summed E-state index contributed by atoms with van der Waals surface area (Å²) in [6, 6.07) is 7.13. The quantitative estimate of drug-likeness (QED) is 0.516. The lowest BCUT2D eigenvalue weighted by molar-refractivity contribution is -0.126. The van der Waals surface area contributed by atoms with Gasteiger partial charge in [-0.1, -0.05) is 24.3 Å². The second kappa shape index (κ2) is 5.53. The minimum absolute atomic E-state index is 0.00309. The molecule has 3 rings (SSSR count). The van der Waals surface area contributed by atoms with Gasteiger partial charge in [-0.3, -0.25) is 14.9 Å². The van der Waals surface area contributed by atoms with Gasteiger partial charge in [0.05, 0.1) is 11.5 Å². The molecular formula is C17H17Cl2NO3. The van der Waals surface area contributed by atoms with Crippen molar-refractivity contribution in [3.05, 3.63) is 42.0 Å². The van der Waals surface area contributed by atoms with E-state index in [1.165, 1.54) is 0 Å². The smallest absolute Gasteiger partial charge is 0.249 e. The van der Waals surface area contributed by atoms with E-state index in [2.05, 4.69) is 5.32 Å². The average molecular weight is 354 g/mol. The van der Waals surface area contributed by atoms with Gasteiger partial charge in [0.15, 0.2) is 0 Å². The van der Waals surface area contributed by atoms with Crippen LogP contribution in [0.4, 0.5) is 0 Å². The fraction of sp³-hybridized carbons (Fsp3) is 0.412. The highest BCUT2D eigenvalue weighted by Crippen LogP contribution is 2.52. The number of allylic oxidation sites excluding steroid dienone is 1. The lowest BCUT2D eigenvalue weighted by Crippen LogP contribution is -2.52. The summed E-state index contributed by atoms with van der Waals surface area (Å²) in [7, 11) is 0. The summed E-state index contributed by atoms with van der Waals surface area (Å²) in [6.45, 7) is 3.84. The number of imide groups is 1. The number of ether oxygens (including phenoxy) is 1. The van der Waals surface area contributed by atoms with Crippen LogP contribution < -0.4 is 10.1 Å². The highest BCUT2D eigenvalue weighted by Gasteiger charge is 2.66. The first-order chi connectivity index (χ1) is 10.8. The minimum atomic E-state index is -1.43. The van der Waals surface area contributed by atoms with Crippen molar-refractivity contribution in [2.75, 3.05) is 0 Å². The number of hydrogen-bond donors (Lipinski definition) is 1. The topological polar surface area (TPSA) is 55.4 Å². The van der Waals surface area contributed by atoms with E-state index in [-0.39, 0.29) is 12.5 Å². The zero-order valence-corrected chi connectivity index (χ0v) is 14.3. The maximum absolute atomic E-state index is 12.6. The highest BCUT2D eigenvalue weighted by atomic mass is 35.5. The van der Waals surface area contributed by atoms with Crippen molar-refractivity contribution in [3.63, 3.8) is 0 Å². The largest absolute Gasteiger partial charge is 0.491 e. The average Bonchev–Trinajstić information content (AvgIpc) is 2.66. The molecule has 1 heterocycles. The van der Waals surface area contributed by atoms with Crippen molar-refractivity contribution in [1.82, 2.24) is 5.32 Å². The second-order valence-electron chi connectivity index (χ2n) is 6.17. The predicted molar refractivity (Wildman–Crippen MR) is 89.0 cm³/mol. The third-order valence-electron chi connectivity index (χ3n) is 4.26. The normalized spacial score (nSPS) is 32.8. The standard InChI is InChI=1S/C17H17Cl2NO3/c1-10(2)23-13-5-3-4-11(8-13)16-7-6-12(18)9-17(16,19)15(22)20-14(16)21/h3-8,10,12H,9H2,1-2H3,(H,20,21,22). The molecule has 1 saturated heterocycles. The van der Waals surface area contributed by atoms with Crippen LogP contribution in [0.1, 0.15) is 25.8 Å². The van der Waals surface area contributed by atoms with E-state index in [1.807, 2.05) is 19.9 Å². The van der Waals surface area contributed by atoms with Gasteiger partial charge < -0.3 is 4.74 Å². The number of fused-ring (bicyclic) bond motifs is 1. The summed E-state index contributed by atoms with van der Waals surface area (Å²) in [5.74, 6) is -0.312. The maximum atomic E-state index is 12.6. The van der Waals surface area contributed by atoms with E-state index < -0.39 is 27.5 Å². The molecule has 3 atom stereocenters. The van der Waals surface area contributed by atoms with Crippen molar-refractivity contribution in [2.24, 2.45) is 0 Å². The number of carbonyl (C=O) groups is 2. The molecule has 1 N–H and O–H groups in total. The van der Waals surface area contributed by atoms with E-state index in [1.54, 1.807) is 30.4 Å². The van der Waals surface area contributed by atoms with Crippen LogP contribution in [0.3, 0.4) is 0 Å². The monoisotopic (exact) mass is 353 g/mol. The molecule has 0 bridgehead atoms. The van der Waals surface area contributed by atoms with Gasteiger partial charge in [-0.25, -0.2) is 0 Å². The van der Waals surface area contributed by atoms with Crippen LogP contribution in [-0.4, -0.2) is 28.2 Å². The molecule has 4 nitrogen and oxygen atoms in total. The van der Waals surface area contributed by atoms with Crippen LogP contribution in [0.15, 0.2) is 36.4 Å². The molecule has 1 aromatic carbocycles. The molecule has 0 saturated carbocycles. The Morgan fingerprint density at radius 2 is 2.04 bits per heavy atom. The fourth-order valence-corrected chi connectivity index (χ4v) is 4.10. The summed E-state index contributed by atoms with van der Waals surface area (Å²) in [5.41, 5.74) is -0.651. The van der Waals surface area contributed by atoms with Gasteiger partial charge in [0.2, 0.25) is 11.8 Å². The van der Waals surface area contributed by atoms with Gasteiger partial charge in [0.25, 0.3) is 0 Å². The van der Waals surface area contributed by atoms with Gasteiger partial charge in [-0.15, -0.1) is 23.2 Å². The zero-order chi connectivity index (χ0) is 16.8. The van der Waals surface area contributed by atoms with Gasteiger partial charge >= 0.3 is 0 Å². The Balaban J connectivity index is 2.16. The van der Waals surface area contributed by atoms with Crippen molar-refractivity contribution in [1.29, 1.82) is 0 Å². The van der Waals surface area contributed by atoms with E-state index in [9.17, 15) is 9.59 Å². The Hall–Kier alpha value is -1.52. The number of nitrogens with one attached hydrogen (secondary N) is 1. The third-order valence-corrected chi connectivity index (χ3v) is 5.19. The highest BCUT2D eigenvalue weighted by molar-refractivity contribution is 6.43. The van der Waals surface area contributed by atoms with E-state index in [0.29, 0.717) is 11.3 Å². The Morgan fingerprint density at radius 3 is 2.74 bits per heavy atom. The van der Waals surface area contributed by atoms with E-state index in [0.717, 1.165) is 0 Å². The van der Waals surface area contributed by atoms with Crippen LogP contribution in [0, 0.1) is 0 Å². The molecule has 6 heteroatoms.